The molecular weight excluding hydrogens is 387 g/mol. The summed E-state index contributed by atoms with van der Waals surface area (Å²) in [5.41, 5.74) is 0.915. The lowest BCUT2D eigenvalue weighted by atomic mass is 9.85. The molecule has 1 aliphatic carbocycles. The van der Waals surface area contributed by atoms with E-state index < -0.39 is 12.1 Å². The molecule has 1 fully saturated rings. The van der Waals surface area contributed by atoms with Crippen molar-refractivity contribution in [2.75, 3.05) is 5.32 Å². The van der Waals surface area contributed by atoms with Gasteiger partial charge in [0.1, 0.15) is 0 Å². The monoisotopic (exact) mass is 399 g/mol. The molecule has 1 saturated carbocycles. The van der Waals surface area contributed by atoms with Crippen LogP contribution in [0.1, 0.15) is 25.7 Å². The third kappa shape index (κ3) is 3.88. The number of hydrogen-bond acceptors (Lipinski definition) is 1. The van der Waals surface area contributed by atoms with Crippen LogP contribution in [0.3, 0.4) is 0 Å². The summed E-state index contributed by atoms with van der Waals surface area (Å²) in [6, 6.07) is 5.83. The topological polar surface area (TPSA) is 12.0 Å². The summed E-state index contributed by atoms with van der Waals surface area (Å²) >= 11 is 6.89. The number of para-hydroxylation sites is 1. The molecule has 0 heterocycles. The zero-order chi connectivity index (χ0) is 14.0. The summed E-state index contributed by atoms with van der Waals surface area (Å²) in [7, 11) is 0. The first-order valence-electron chi connectivity index (χ1n) is 6.15. The van der Waals surface area contributed by atoms with Gasteiger partial charge in [-0.15, -0.1) is 0 Å². The Morgan fingerprint density at radius 2 is 1.53 bits per heavy atom. The van der Waals surface area contributed by atoms with Gasteiger partial charge in [-0.3, -0.25) is 0 Å². The van der Waals surface area contributed by atoms with Gasteiger partial charge in [0, 0.05) is 15.0 Å². The van der Waals surface area contributed by atoms with Gasteiger partial charge in [0.2, 0.25) is 0 Å². The molecule has 0 unspecified atom stereocenters. The second-order valence-electron chi connectivity index (χ2n) is 4.83. The molecule has 0 bridgehead atoms. The third-order valence-corrected chi connectivity index (χ3v) is 4.82. The van der Waals surface area contributed by atoms with E-state index in [1.54, 1.807) is 0 Å². The van der Waals surface area contributed by atoms with Crippen LogP contribution in [-0.4, -0.2) is 12.2 Å². The summed E-state index contributed by atoms with van der Waals surface area (Å²) in [6.45, 7) is 0. The second kappa shape index (κ2) is 6.04. The standard InChI is InChI=1S/C13H14Br2F3N/c14-10-2-1-3-11(15)12(10)19-9-6-4-8(5-7-9)13(16,17)18/h1-3,8-9,19H,4-7H2. The molecule has 0 amide bonds. The molecule has 1 N–H and O–H groups in total. The van der Waals surface area contributed by atoms with Crippen LogP contribution < -0.4 is 5.32 Å². The first kappa shape index (κ1) is 15.2. The summed E-state index contributed by atoms with van der Waals surface area (Å²) in [5.74, 6) is -1.13. The van der Waals surface area contributed by atoms with E-state index >= 15 is 0 Å². The van der Waals surface area contributed by atoms with Crippen LogP contribution in [0.25, 0.3) is 0 Å². The third-order valence-electron chi connectivity index (χ3n) is 3.50. The Morgan fingerprint density at radius 3 is 2.00 bits per heavy atom. The highest BCUT2D eigenvalue weighted by molar-refractivity contribution is 9.11. The molecule has 6 heteroatoms. The van der Waals surface area contributed by atoms with E-state index in [0.29, 0.717) is 12.8 Å². The number of rotatable bonds is 2. The normalized spacial score (nSPS) is 24.3. The van der Waals surface area contributed by atoms with Gasteiger partial charge in [0.15, 0.2) is 0 Å². The van der Waals surface area contributed by atoms with Crippen molar-refractivity contribution < 1.29 is 13.2 Å². The lowest BCUT2D eigenvalue weighted by Crippen LogP contribution is -2.32. The number of hydrogen-bond donors (Lipinski definition) is 1. The molecule has 106 valence electrons. The van der Waals surface area contributed by atoms with Gasteiger partial charge in [-0.2, -0.15) is 13.2 Å². The van der Waals surface area contributed by atoms with Gasteiger partial charge in [0.05, 0.1) is 11.6 Å². The molecule has 1 nitrogen and oxygen atoms in total. The molecule has 1 aliphatic rings. The van der Waals surface area contributed by atoms with E-state index in [1.807, 2.05) is 18.2 Å². The molecule has 1 aromatic carbocycles. The quantitative estimate of drug-likeness (QED) is 0.666. The second-order valence-corrected chi connectivity index (χ2v) is 6.54. The molecule has 0 radical (unpaired) electrons. The molecule has 0 saturated heterocycles. The molecule has 0 spiro atoms. The SMILES string of the molecule is FC(F)(F)C1CCC(Nc2c(Br)cccc2Br)CC1. The predicted molar refractivity (Wildman–Crippen MR) is 77.3 cm³/mol. The van der Waals surface area contributed by atoms with Crippen molar-refractivity contribution in [2.45, 2.75) is 37.9 Å². The highest BCUT2D eigenvalue weighted by Gasteiger charge is 2.41. The van der Waals surface area contributed by atoms with Gasteiger partial charge in [-0.25, -0.2) is 0 Å². The first-order chi connectivity index (χ1) is 8.88. The van der Waals surface area contributed by atoms with Crippen molar-refractivity contribution >= 4 is 37.5 Å². The maximum atomic E-state index is 12.6. The van der Waals surface area contributed by atoms with Crippen molar-refractivity contribution in [3.05, 3.63) is 27.1 Å². The lowest BCUT2D eigenvalue weighted by molar-refractivity contribution is -0.182. The summed E-state index contributed by atoms with van der Waals surface area (Å²) in [5, 5.41) is 3.33. The highest BCUT2D eigenvalue weighted by atomic mass is 79.9. The van der Waals surface area contributed by atoms with Crippen LogP contribution in [-0.2, 0) is 0 Å². The van der Waals surface area contributed by atoms with Gasteiger partial charge in [-0.1, -0.05) is 6.07 Å². The van der Waals surface area contributed by atoms with E-state index in [4.69, 9.17) is 0 Å². The number of alkyl halides is 3. The first-order valence-corrected chi connectivity index (χ1v) is 7.74. The Balaban J connectivity index is 1.96. The lowest BCUT2D eigenvalue weighted by Gasteiger charge is -2.31. The predicted octanol–water partition coefficient (Wildman–Crippen LogP) is 5.74. The Kier molecular flexibility index (Phi) is 4.82. The summed E-state index contributed by atoms with van der Waals surface area (Å²) < 4.78 is 39.6. The zero-order valence-electron chi connectivity index (χ0n) is 10.1. The summed E-state index contributed by atoms with van der Waals surface area (Å²) in [6.07, 6.45) is -2.51. The van der Waals surface area contributed by atoms with Gasteiger partial charge in [0.25, 0.3) is 0 Å². The Morgan fingerprint density at radius 1 is 1.00 bits per heavy atom. The van der Waals surface area contributed by atoms with Gasteiger partial charge >= 0.3 is 6.18 Å². The Labute approximate surface area is 127 Å². The number of benzene rings is 1. The molecular formula is C13H14Br2F3N. The van der Waals surface area contributed by atoms with Crippen molar-refractivity contribution in [1.82, 2.24) is 0 Å². The minimum atomic E-state index is -4.04. The molecule has 0 aromatic heterocycles. The Bertz CT molecular complexity index is 420. The minimum absolute atomic E-state index is 0.105. The fourth-order valence-corrected chi connectivity index (χ4v) is 3.63. The fraction of sp³-hybridized carbons (Fsp3) is 0.538. The van der Waals surface area contributed by atoms with Crippen LogP contribution in [0, 0.1) is 5.92 Å². The minimum Gasteiger partial charge on any atom is -0.380 e. The average Bonchev–Trinajstić information content (AvgIpc) is 2.33. The van der Waals surface area contributed by atoms with Crippen LogP contribution in [0.4, 0.5) is 18.9 Å². The van der Waals surface area contributed by atoms with Crippen molar-refractivity contribution in [1.29, 1.82) is 0 Å². The van der Waals surface area contributed by atoms with Crippen LogP contribution in [0.2, 0.25) is 0 Å². The van der Waals surface area contributed by atoms with E-state index in [1.165, 1.54) is 0 Å². The van der Waals surface area contributed by atoms with E-state index in [0.717, 1.165) is 14.6 Å². The number of anilines is 1. The number of nitrogens with one attached hydrogen (secondary N) is 1. The number of halogens is 5. The maximum absolute atomic E-state index is 12.6. The average molecular weight is 401 g/mol. The highest BCUT2D eigenvalue weighted by Crippen LogP contribution is 2.39. The van der Waals surface area contributed by atoms with Crippen LogP contribution in [0.5, 0.6) is 0 Å². The molecule has 0 aliphatic heterocycles. The van der Waals surface area contributed by atoms with Crippen molar-refractivity contribution in [3.8, 4) is 0 Å². The van der Waals surface area contributed by atoms with Crippen molar-refractivity contribution in [2.24, 2.45) is 5.92 Å². The molecule has 19 heavy (non-hydrogen) atoms. The van der Waals surface area contributed by atoms with Crippen molar-refractivity contribution in [3.63, 3.8) is 0 Å². The molecule has 1 aromatic rings. The Hall–Kier alpha value is -0.230. The zero-order valence-corrected chi connectivity index (χ0v) is 13.3. The van der Waals surface area contributed by atoms with E-state index in [-0.39, 0.29) is 18.9 Å². The maximum Gasteiger partial charge on any atom is 0.391 e. The summed E-state index contributed by atoms with van der Waals surface area (Å²) in [4.78, 5) is 0. The van der Waals surface area contributed by atoms with Gasteiger partial charge in [-0.05, 0) is 69.7 Å². The smallest absolute Gasteiger partial charge is 0.380 e. The molecule has 0 atom stereocenters. The largest absolute Gasteiger partial charge is 0.391 e. The van der Waals surface area contributed by atoms with Crippen LogP contribution >= 0.6 is 31.9 Å². The fourth-order valence-electron chi connectivity index (χ4n) is 2.40. The molecule has 2 rings (SSSR count). The van der Waals surface area contributed by atoms with E-state index in [9.17, 15) is 13.2 Å². The van der Waals surface area contributed by atoms with Crippen LogP contribution in [0.15, 0.2) is 27.1 Å². The van der Waals surface area contributed by atoms with E-state index in [2.05, 4.69) is 37.2 Å². The van der Waals surface area contributed by atoms with Gasteiger partial charge < -0.3 is 5.32 Å².